The molecule has 3 atom stereocenters. The van der Waals surface area contributed by atoms with Crippen molar-refractivity contribution in [1.82, 2.24) is 4.90 Å². The first kappa shape index (κ1) is 24.4. The molecule has 0 N–H and O–H groups in total. The average Bonchev–Trinajstić information content (AvgIpc) is 3.05. The predicted molar refractivity (Wildman–Crippen MR) is 129 cm³/mol. The minimum absolute atomic E-state index is 0.00790. The molecule has 6 nitrogen and oxygen atoms in total. The molecular weight excluding hydrogens is 430 g/mol. The lowest BCUT2D eigenvalue weighted by atomic mass is 9.98. The van der Waals surface area contributed by atoms with Gasteiger partial charge in [0.05, 0.1) is 6.61 Å². The largest absolute Gasteiger partial charge is 0.464 e. The van der Waals surface area contributed by atoms with Crippen LogP contribution in [0.25, 0.3) is 0 Å². The summed E-state index contributed by atoms with van der Waals surface area (Å²) in [5.41, 5.74) is 1.91. The van der Waals surface area contributed by atoms with E-state index in [-0.39, 0.29) is 31.1 Å². The minimum Gasteiger partial charge on any atom is -0.464 e. The van der Waals surface area contributed by atoms with Crippen molar-refractivity contribution in [2.24, 2.45) is 0 Å². The summed E-state index contributed by atoms with van der Waals surface area (Å²) in [6.07, 6.45) is 4.86. The SMILES string of the molecule is CN1C2CCC1CC(OC(=O)C(COC(=O)CCCOCc1ccccc1)c1ccccc1)C2. The summed E-state index contributed by atoms with van der Waals surface area (Å²) in [4.78, 5) is 27.9. The second-order valence-corrected chi connectivity index (χ2v) is 9.37. The van der Waals surface area contributed by atoms with Gasteiger partial charge in [-0.25, -0.2) is 0 Å². The highest BCUT2D eigenvalue weighted by atomic mass is 16.6. The number of benzene rings is 2. The van der Waals surface area contributed by atoms with E-state index in [2.05, 4.69) is 11.9 Å². The van der Waals surface area contributed by atoms with Gasteiger partial charge in [0.25, 0.3) is 0 Å². The standard InChI is InChI=1S/C28H35NO5/c1-29-23-14-15-24(29)18-25(17-23)34-28(31)26(22-11-6-3-7-12-22)20-33-27(30)13-8-16-32-19-21-9-4-2-5-10-21/h2-7,9-12,23-26H,8,13-20H2,1H3. The molecule has 182 valence electrons. The summed E-state index contributed by atoms with van der Waals surface area (Å²) >= 11 is 0. The van der Waals surface area contributed by atoms with Crippen LogP contribution in [-0.4, -0.2) is 55.3 Å². The van der Waals surface area contributed by atoms with Gasteiger partial charge in [-0.15, -0.1) is 0 Å². The van der Waals surface area contributed by atoms with Crippen molar-refractivity contribution < 1.29 is 23.8 Å². The highest BCUT2D eigenvalue weighted by molar-refractivity contribution is 5.79. The lowest BCUT2D eigenvalue weighted by molar-refractivity contribution is -0.158. The summed E-state index contributed by atoms with van der Waals surface area (Å²) in [7, 11) is 2.17. The Kier molecular flexibility index (Phi) is 8.72. The van der Waals surface area contributed by atoms with Crippen LogP contribution in [0.4, 0.5) is 0 Å². The number of fused-ring (bicyclic) bond motifs is 2. The van der Waals surface area contributed by atoms with Gasteiger partial charge < -0.3 is 19.1 Å². The number of carbonyl (C=O) groups excluding carboxylic acids is 2. The summed E-state index contributed by atoms with van der Waals surface area (Å²) < 4.78 is 17.1. The van der Waals surface area contributed by atoms with Gasteiger partial charge in [0.1, 0.15) is 18.6 Å². The van der Waals surface area contributed by atoms with E-state index in [1.807, 2.05) is 60.7 Å². The van der Waals surface area contributed by atoms with Crippen molar-refractivity contribution in [3.05, 3.63) is 71.8 Å². The van der Waals surface area contributed by atoms with Crippen LogP contribution < -0.4 is 0 Å². The van der Waals surface area contributed by atoms with Crippen LogP contribution in [0, 0.1) is 0 Å². The van der Waals surface area contributed by atoms with Gasteiger partial charge in [-0.2, -0.15) is 0 Å². The molecule has 2 saturated heterocycles. The second-order valence-electron chi connectivity index (χ2n) is 9.37. The van der Waals surface area contributed by atoms with Gasteiger partial charge >= 0.3 is 11.9 Å². The fraction of sp³-hybridized carbons (Fsp3) is 0.500. The molecule has 2 fully saturated rings. The molecule has 0 aromatic heterocycles. The third-order valence-electron chi connectivity index (χ3n) is 7.02. The summed E-state index contributed by atoms with van der Waals surface area (Å²) in [6.45, 7) is 0.995. The van der Waals surface area contributed by atoms with E-state index in [9.17, 15) is 9.59 Å². The monoisotopic (exact) mass is 465 g/mol. The van der Waals surface area contributed by atoms with Crippen molar-refractivity contribution in [2.75, 3.05) is 20.3 Å². The average molecular weight is 466 g/mol. The lowest BCUT2D eigenvalue weighted by Gasteiger charge is -2.36. The number of esters is 2. The number of hydrogen-bond acceptors (Lipinski definition) is 6. The van der Waals surface area contributed by atoms with Gasteiger partial charge in [-0.05, 0) is 50.3 Å². The molecule has 2 aliphatic rings. The maximum absolute atomic E-state index is 13.1. The number of hydrogen-bond donors (Lipinski definition) is 0. The molecule has 2 bridgehead atoms. The minimum atomic E-state index is -0.614. The second kappa shape index (κ2) is 12.1. The molecular formula is C28H35NO5. The normalized spacial score (nSPS) is 22.8. The molecule has 0 saturated carbocycles. The molecule has 0 spiro atoms. The van der Waals surface area contributed by atoms with E-state index < -0.39 is 5.92 Å². The Balaban J connectivity index is 1.23. The van der Waals surface area contributed by atoms with Crippen molar-refractivity contribution in [1.29, 1.82) is 0 Å². The van der Waals surface area contributed by atoms with Gasteiger partial charge in [-0.1, -0.05) is 60.7 Å². The van der Waals surface area contributed by atoms with Crippen LogP contribution in [0.1, 0.15) is 55.6 Å². The van der Waals surface area contributed by atoms with E-state index in [0.717, 1.165) is 24.0 Å². The van der Waals surface area contributed by atoms with Gasteiger partial charge in [0.2, 0.25) is 0 Å². The summed E-state index contributed by atoms with van der Waals surface area (Å²) in [5.74, 6) is -1.25. The molecule has 34 heavy (non-hydrogen) atoms. The van der Waals surface area contributed by atoms with E-state index in [0.29, 0.717) is 31.7 Å². The lowest BCUT2D eigenvalue weighted by Crippen LogP contribution is -2.44. The highest BCUT2D eigenvalue weighted by Gasteiger charge is 2.40. The van der Waals surface area contributed by atoms with Crippen molar-refractivity contribution in [2.45, 2.75) is 69.2 Å². The highest BCUT2D eigenvalue weighted by Crippen LogP contribution is 2.36. The maximum Gasteiger partial charge on any atom is 0.317 e. The van der Waals surface area contributed by atoms with Crippen LogP contribution in [-0.2, 0) is 30.4 Å². The Morgan fingerprint density at radius 1 is 0.971 bits per heavy atom. The fourth-order valence-corrected chi connectivity index (χ4v) is 5.02. The molecule has 6 heteroatoms. The summed E-state index contributed by atoms with van der Waals surface area (Å²) in [5, 5.41) is 0. The number of nitrogens with zero attached hydrogens (tertiary/aromatic N) is 1. The van der Waals surface area contributed by atoms with Gasteiger partial charge in [0.15, 0.2) is 0 Å². The van der Waals surface area contributed by atoms with Gasteiger partial charge in [-0.3, -0.25) is 9.59 Å². The zero-order chi connectivity index (χ0) is 23.8. The molecule has 2 aromatic rings. The Morgan fingerprint density at radius 2 is 1.62 bits per heavy atom. The quantitative estimate of drug-likeness (QED) is 0.360. The Bertz CT molecular complexity index is 905. The number of carbonyl (C=O) groups is 2. The van der Waals surface area contributed by atoms with Crippen LogP contribution in [0.2, 0.25) is 0 Å². The molecule has 2 heterocycles. The molecule has 0 amide bonds. The van der Waals surface area contributed by atoms with Crippen molar-refractivity contribution in [3.63, 3.8) is 0 Å². The molecule has 0 aliphatic carbocycles. The Hall–Kier alpha value is -2.70. The third kappa shape index (κ3) is 6.67. The predicted octanol–water partition coefficient (Wildman–Crippen LogP) is 4.48. The van der Waals surface area contributed by atoms with Crippen molar-refractivity contribution in [3.8, 4) is 0 Å². The fourth-order valence-electron chi connectivity index (χ4n) is 5.02. The molecule has 2 aliphatic heterocycles. The van der Waals surface area contributed by atoms with E-state index in [1.165, 1.54) is 12.8 Å². The van der Waals surface area contributed by atoms with Crippen LogP contribution >= 0.6 is 0 Å². The topological polar surface area (TPSA) is 65.1 Å². The van der Waals surface area contributed by atoms with Gasteiger partial charge in [0, 0.05) is 25.1 Å². The molecule has 3 unspecified atom stereocenters. The van der Waals surface area contributed by atoms with E-state index in [1.54, 1.807) is 0 Å². The maximum atomic E-state index is 13.1. The first-order valence-corrected chi connectivity index (χ1v) is 12.3. The van der Waals surface area contributed by atoms with Crippen LogP contribution in [0.5, 0.6) is 0 Å². The number of rotatable bonds is 11. The zero-order valence-electron chi connectivity index (χ0n) is 19.9. The number of ether oxygens (including phenoxy) is 3. The molecule has 4 rings (SSSR count). The number of piperidine rings is 1. The third-order valence-corrected chi connectivity index (χ3v) is 7.02. The Labute approximate surface area is 202 Å². The molecule has 2 aromatic carbocycles. The Morgan fingerprint density at radius 3 is 2.29 bits per heavy atom. The first-order chi connectivity index (χ1) is 16.6. The molecule has 0 radical (unpaired) electrons. The summed E-state index contributed by atoms with van der Waals surface area (Å²) in [6, 6.07) is 20.4. The zero-order valence-corrected chi connectivity index (χ0v) is 19.9. The van der Waals surface area contributed by atoms with Crippen LogP contribution in [0.15, 0.2) is 60.7 Å². The van der Waals surface area contributed by atoms with E-state index >= 15 is 0 Å². The van der Waals surface area contributed by atoms with Crippen molar-refractivity contribution >= 4 is 11.9 Å². The first-order valence-electron chi connectivity index (χ1n) is 12.3. The van der Waals surface area contributed by atoms with E-state index in [4.69, 9.17) is 14.2 Å². The van der Waals surface area contributed by atoms with Crippen LogP contribution in [0.3, 0.4) is 0 Å². The smallest absolute Gasteiger partial charge is 0.317 e.